The van der Waals surface area contributed by atoms with Crippen LogP contribution < -0.4 is 0 Å². The van der Waals surface area contributed by atoms with E-state index in [-0.39, 0.29) is 31.0 Å². The van der Waals surface area contributed by atoms with Crippen LogP contribution >= 0.6 is 0 Å². The molecule has 0 radical (unpaired) electrons. The van der Waals surface area contributed by atoms with E-state index in [2.05, 4.69) is 24.0 Å². The number of benzene rings is 1. The Hall–Kier alpha value is -2.09. The second-order valence-corrected chi connectivity index (χ2v) is 7.65. The molecule has 0 spiro atoms. The van der Waals surface area contributed by atoms with E-state index >= 15 is 0 Å². The first-order chi connectivity index (χ1) is 13.3. The van der Waals surface area contributed by atoms with Gasteiger partial charge in [0.05, 0.1) is 0 Å². The van der Waals surface area contributed by atoms with Crippen molar-refractivity contribution < 1.29 is 22.8 Å². The molecule has 0 saturated carbocycles. The molecule has 28 heavy (non-hydrogen) atoms. The molecule has 5 nitrogen and oxygen atoms in total. The summed E-state index contributed by atoms with van der Waals surface area (Å²) in [6.45, 7) is 4.91. The van der Waals surface area contributed by atoms with Crippen LogP contribution in [0, 0.1) is 5.92 Å². The van der Waals surface area contributed by atoms with Crippen molar-refractivity contribution in [3.05, 3.63) is 35.9 Å². The molecule has 1 atom stereocenters. The Balaban J connectivity index is 1.49. The molecule has 0 N–H and O–H groups in total. The van der Waals surface area contributed by atoms with Gasteiger partial charge < -0.3 is 9.80 Å². The zero-order chi connectivity index (χ0) is 20.3. The van der Waals surface area contributed by atoms with Gasteiger partial charge in [-0.25, -0.2) is 0 Å². The van der Waals surface area contributed by atoms with Crippen molar-refractivity contribution in [1.82, 2.24) is 14.7 Å². The predicted molar refractivity (Wildman–Crippen MR) is 98.3 cm³/mol. The molecule has 2 fully saturated rings. The molecule has 2 amide bonds. The van der Waals surface area contributed by atoms with Crippen molar-refractivity contribution in [1.29, 1.82) is 0 Å². The lowest BCUT2D eigenvalue weighted by atomic mass is 9.94. The molecule has 2 heterocycles. The first-order valence-electron chi connectivity index (χ1n) is 9.68. The summed E-state index contributed by atoms with van der Waals surface area (Å²) < 4.78 is 37.6. The number of amides is 2. The van der Waals surface area contributed by atoms with Crippen molar-refractivity contribution in [3.8, 4) is 0 Å². The molecular formula is C20H26F3N3O2. The van der Waals surface area contributed by atoms with Gasteiger partial charge in [0.2, 0.25) is 5.91 Å². The molecular weight excluding hydrogens is 371 g/mol. The third kappa shape index (κ3) is 4.84. The highest BCUT2D eigenvalue weighted by atomic mass is 19.4. The van der Waals surface area contributed by atoms with Crippen molar-refractivity contribution in [2.45, 2.75) is 38.5 Å². The standard InChI is InChI=1S/C20H26F3N3O2/c1-15-13-26(12-11-25(15)14-16-5-3-2-4-6-16)18(27)17-7-9-24(10-8-17)19(28)20(21,22)23/h2-6,15,17H,7-14H2,1H3. The lowest BCUT2D eigenvalue weighted by molar-refractivity contribution is -0.187. The second-order valence-electron chi connectivity index (χ2n) is 7.65. The first kappa shape index (κ1) is 20.6. The van der Waals surface area contributed by atoms with Crippen LogP contribution in [0.4, 0.5) is 13.2 Å². The number of carbonyl (C=O) groups excluding carboxylic acids is 2. The Labute approximate surface area is 163 Å². The number of hydrogen-bond acceptors (Lipinski definition) is 3. The van der Waals surface area contributed by atoms with Gasteiger partial charge in [0.15, 0.2) is 0 Å². The van der Waals surface area contributed by atoms with E-state index in [1.54, 1.807) is 0 Å². The van der Waals surface area contributed by atoms with Gasteiger partial charge in [0.25, 0.3) is 0 Å². The van der Waals surface area contributed by atoms with Crippen LogP contribution in [0.5, 0.6) is 0 Å². The summed E-state index contributed by atoms with van der Waals surface area (Å²) in [6.07, 6.45) is -4.26. The number of nitrogens with zero attached hydrogens (tertiary/aromatic N) is 3. The van der Waals surface area contributed by atoms with Gasteiger partial charge in [-0.1, -0.05) is 30.3 Å². The maximum absolute atomic E-state index is 12.8. The monoisotopic (exact) mass is 397 g/mol. The SMILES string of the molecule is CC1CN(C(=O)C2CCN(C(=O)C(F)(F)F)CC2)CCN1Cc1ccccc1. The zero-order valence-electron chi connectivity index (χ0n) is 16.0. The largest absolute Gasteiger partial charge is 0.471 e. The minimum Gasteiger partial charge on any atom is -0.340 e. The fourth-order valence-corrected chi connectivity index (χ4v) is 4.02. The van der Waals surface area contributed by atoms with Crippen LogP contribution in [0.1, 0.15) is 25.3 Å². The van der Waals surface area contributed by atoms with Gasteiger partial charge in [-0.05, 0) is 25.3 Å². The summed E-state index contributed by atoms with van der Waals surface area (Å²) in [5.41, 5.74) is 1.23. The Morgan fingerprint density at radius 2 is 1.64 bits per heavy atom. The molecule has 2 saturated heterocycles. The van der Waals surface area contributed by atoms with Crippen LogP contribution in [0.3, 0.4) is 0 Å². The maximum Gasteiger partial charge on any atom is 0.471 e. The van der Waals surface area contributed by atoms with E-state index in [0.717, 1.165) is 18.0 Å². The fraction of sp³-hybridized carbons (Fsp3) is 0.600. The Morgan fingerprint density at radius 1 is 1.00 bits per heavy atom. The van der Waals surface area contributed by atoms with E-state index in [4.69, 9.17) is 0 Å². The van der Waals surface area contributed by atoms with Crippen molar-refractivity contribution in [2.24, 2.45) is 5.92 Å². The number of piperidine rings is 1. The second kappa shape index (κ2) is 8.51. The summed E-state index contributed by atoms with van der Waals surface area (Å²) >= 11 is 0. The molecule has 1 unspecified atom stereocenters. The minimum absolute atomic E-state index is 0.00492. The van der Waals surface area contributed by atoms with Gasteiger partial charge in [-0.15, -0.1) is 0 Å². The highest BCUT2D eigenvalue weighted by Crippen LogP contribution is 2.26. The normalized spacial score (nSPS) is 22.4. The third-order valence-electron chi connectivity index (χ3n) is 5.68. The number of carbonyl (C=O) groups is 2. The summed E-state index contributed by atoms with van der Waals surface area (Å²) in [5, 5.41) is 0. The van der Waals surface area contributed by atoms with Crippen molar-refractivity contribution in [3.63, 3.8) is 0 Å². The Morgan fingerprint density at radius 3 is 2.21 bits per heavy atom. The summed E-state index contributed by atoms with van der Waals surface area (Å²) in [7, 11) is 0. The zero-order valence-corrected chi connectivity index (χ0v) is 16.0. The van der Waals surface area contributed by atoms with E-state index < -0.39 is 12.1 Å². The Kier molecular flexibility index (Phi) is 6.27. The number of piperazine rings is 1. The quantitative estimate of drug-likeness (QED) is 0.787. The van der Waals surface area contributed by atoms with Crippen LogP contribution in [0.2, 0.25) is 0 Å². The average molecular weight is 397 g/mol. The van der Waals surface area contributed by atoms with Crippen LogP contribution in [-0.4, -0.2) is 71.5 Å². The molecule has 8 heteroatoms. The number of likely N-dealkylation sites (tertiary alicyclic amines) is 1. The Bertz CT molecular complexity index is 688. The smallest absolute Gasteiger partial charge is 0.340 e. The molecule has 2 aliphatic rings. The first-order valence-corrected chi connectivity index (χ1v) is 9.68. The van der Waals surface area contributed by atoms with Crippen LogP contribution in [0.25, 0.3) is 0 Å². The average Bonchev–Trinajstić information content (AvgIpc) is 2.68. The predicted octanol–water partition coefficient (Wildman–Crippen LogP) is 2.52. The topological polar surface area (TPSA) is 43.9 Å². The molecule has 2 aliphatic heterocycles. The number of alkyl halides is 3. The highest BCUT2D eigenvalue weighted by Gasteiger charge is 2.44. The van der Waals surface area contributed by atoms with E-state index in [9.17, 15) is 22.8 Å². The number of hydrogen-bond donors (Lipinski definition) is 0. The van der Waals surface area contributed by atoms with Gasteiger partial charge >= 0.3 is 12.1 Å². The molecule has 1 aromatic rings. The molecule has 3 rings (SSSR count). The fourth-order valence-electron chi connectivity index (χ4n) is 4.02. The summed E-state index contributed by atoms with van der Waals surface area (Å²) in [6, 6.07) is 10.4. The molecule has 1 aromatic carbocycles. The maximum atomic E-state index is 12.8. The van der Waals surface area contributed by atoms with Gasteiger partial charge in [-0.3, -0.25) is 14.5 Å². The molecule has 0 bridgehead atoms. The van der Waals surface area contributed by atoms with Crippen LogP contribution in [-0.2, 0) is 16.1 Å². The lowest BCUT2D eigenvalue weighted by Crippen LogP contribution is -2.55. The molecule has 0 aromatic heterocycles. The minimum atomic E-state index is -4.85. The third-order valence-corrected chi connectivity index (χ3v) is 5.68. The molecule has 154 valence electrons. The van der Waals surface area contributed by atoms with Gasteiger partial charge in [0.1, 0.15) is 0 Å². The lowest BCUT2D eigenvalue weighted by Gasteiger charge is -2.42. The molecule has 0 aliphatic carbocycles. The highest BCUT2D eigenvalue weighted by molar-refractivity contribution is 5.83. The summed E-state index contributed by atoms with van der Waals surface area (Å²) in [5.74, 6) is -2.10. The van der Waals surface area contributed by atoms with Gasteiger partial charge in [0, 0.05) is 51.2 Å². The van der Waals surface area contributed by atoms with Crippen molar-refractivity contribution >= 4 is 11.8 Å². The van der Waals surface area contributed by atoms with Gasteiger partial charge in [-0.2, -0.15) is 13.2 Å². The van der Waals surface area contributed by atoms with E-state index in [1.165, 1.54) is 5.56 Å². The number of halogens is 3. The van der Waals surface area contributed by atoms with E-state index in [0.29, 0.717) is 25.9 Å². The van der Waals surface area contributed by atoms with E-state index in [1.807, 2.05) is 23.1 Å². The van der Waals surface area contributed by atoms with Crippen LogP contribution in [0.15, 0.2) is 30.3 Å². The summed E-state index contributed by atoms with van der Waals surface area (Å²) in [4.78, 5) is 29.1. The number of rotatable bonds is 3. The van der Waals surface area contributed by atoms with Crippen molar-refractivity contribution in [2.75, 3.05) is 32.7 Å².